The van der Waals surface area contributed by atoms with Crippen molar-refractivity contribution in [1.82, 2.24) is 10.2 Å². The Balaban J connectivity index is 1.69. The van der Waals surface area contributed by atoms with Crippen molar-refractivity contribution < 1.29 is 22.7 Å². The SMILES string of the molecule is COc1ccc(N(CC(=O)N(Cc2ccccc2)[C@H](C)C(=O)NC2CCCCC2)S(=O)(=O)c2ccc(C)cc2)cc1Cl. The van der Waals surface area contributed by atoms with Crippen molar-refractivity contribution in [2.45, 2.75) is 69.5 Å². The second-order valence-corrected chi connectivity index (χ2v) is 12.9. The van der Waals surface area contributed by atoms with E-state index in [1.165, 1.54) is 30.2 Å². The summed E-state index contributed by atoms with van der Waals surface area (Å²) < 4.78 is 34.3. The number of sulfonamides is 1. The molecular formula is C32H38ClN3O5S. The standard InChI is InChI=1S/C32H38ClN3O5S/c1-23-14-17-28(18-15-23)42(39,40)36(27-16-19-30(41-3)29(33)20-27)22-31(37)35(21-25-10-6-4-7-11-25)24(2)32(38)34-26-12-8-5-9-13-26/h4,6-7,10-11,14-20,24,26H,5,8-9,12-13,21-22H2,1-3H3,(H,34,38)/t24-/m1/s1. The van der Waals surface area contributed by atoms with Crippen LogP contribution in [0.3, 0.4) is 0 Å². The zero-order valence-corrected chi connectivity index (χ0v) is 25.8. The van der Waals surface area contributed by atoms with Crippen molar-refractivity contribution in [3.63, 3.8) is 0 Å². The van der Waals surface area contributed by atoms with Gasteiger partial charge in [0.15, 0.2) is 0 Å². The molecule has 3 aromatic carbocycles. The lowest BCUT2D eigenvalue weighted by atomic mass is 9.95. The molecule has 42 heavy (non-hydrogen) atoms. The molecule has 0 aromatic heterocycles. The van der Waals surface area contributed by atoms with Crippen LogP contribution >= 0.6 is 11.6 Å². The van der Waals surface area contributed by atoms with Crippen LogP contribution in [-0.4, -0.2) is 50.9 Å². The first kappa shape index (κ1) is 31.4. The summed E-state index contributed by atoms with van der Waals surface area (Å²) in [6.45, 7) is 3.15. The molecule has 10 heteroatoms. The van der Waals surface area contributed by atoms with E-state index in [2.05, 4.69) is 5.32 Å². The molecule has 224 valence electrons. The van der Waals surface area contributed by atoms with Crippen LogP contribution in [0.4, 0.5) is 5.69 Å². The van der Waals surface area contributed by atoms with Crippen molar-refractivity contribution >= 4 is 39.1 Å². The molecule has 0 spiro atoms. The van der Waals surface area contributed by atoms with E-state index in [-0.39, 0.29) is 34.1 Å². The topological polar surface area (TPSA) is 96.0 Å². The van der Waals surface area contributed by atoms with Crippen LogP contribution in [0.1, 0.15) is 50.2 Å². The van der Waals surface area contributed by atoms with Gasteiger partial charge in [0, 0.05) is 12.6 Å². The van der Waals surface area contributed by atoms with Crippen LogP contribution in [-0.2, 0) is 26.2 Å². The van der Waals surface area contributed by atoms with Crippen LogP contribution in [0.2, 0.25) is 5.02 Å². The summed E-state index contributed by atoms with van der Waals surface area (Å²) >= 11 is 6.39. The summed E-state index contributed by atoms with van der Waals surface area (Å²) in [5.74, 6) is -0.405. The molecular weight excluding hydrogens is 574 g/mol. The normalized spacial score (nSPS) is 14.6. The molecule has 0 aliphatic heterocycles. The van der Waals surface area contributed by atoms with E-state index in [4.69, 9.17) is 16.3 Å². The van der Waals surface area contributed by atoms with Gasteiger partial charge in [0.05, 0.1) is 22.7 Å². The van der Waals surface area contributed by atoms with Gasteiger partial charge in [-0.05, 0) is 62.6 Å². The van der Waals surface area contributed by atoms with Gasteiger partial charge in [-0.3, -0.25) is 13.9 Å². The van der Waals surface area contributed by atoms with Crippen molar-refractivity contribution in [3.8, 4) is 5.75 Å². The summed E-state index contributed by atoms with van der Waals surface area (Å²) in [5, 5.41) is 3.31. The highest BCUT2D eigenvalue weighted by atomic mass is 35.5. The molecule has 1 atom stereocenters. The van der Waals surface area contributed by atoms with E-state index >= 15 is 0 Å². The number of nitrogens with zero attached hydrogens (tertiary/aromatic N) is 2. The molecule has 0 heterocycles. The minimum atomic E-state index is -4.19. The molecule has 0 radical (unpaired) electrons. The number of carbonyl (C=O) groups excluding carboxylic acids is 2. The molecule has 1 fully saturated rings. The van der Waals surface area contributed by atoms with E-state index in [0.29, 0.717) is 5.75 Å². The number of rotatable bonds is 11. The number of amides is 2. The Morgan fingerprint density at radius 1 is 1.00 bits per heavy atom. The smallest absolute Gasteiger partial charge is 0.264 e. The van der Waals surface area contributed by atoms with Gasteiger partial charge in [0.25, 0.3) is 10.0 Å². The molecule has 0 unspecified atom stereocenters. The highest BCUT2D eigenvalue weighted by molar-refractivity contribution is 7.92. The van der Waals surface area contributed by atoms with Crippen LogP contribution in [0.25, 0.3) is 0 Å². The molecule has 1 aliphatic rings. The fourth-order valence-corrected chi connectivity index (χ4v) is 6.77. The lowest BCUT2D eigenvalue weighted by Gasteiger charge is -2.33. The zero-order valence-electron chi connectivity index (χ0n) is 24.3. The number of hydrogen-bond acceptors (Lipinski definition) is 5. The number of nitrogens with one attached hydrogen (secondary N) is 1. The van der Waals surface area contributed by atoms with Gasteiger partial charge in [0.2, 0.25) is 11.8 Å². The molecule has 0 bridgehead atoms. The van der Waals surface area contributed by atoms with E-state index in [9.17, 15) is 18.0 Å². The fourth-order valence-electron chi connectivity index (χ4n) is 5.11. The van der Waals surface area contributed by atoms with Crippen molar-refractivity contribution in [3.05, 3.63) is 88.9 Å². The third kappa shape index (κ3) is 7.63. The van der Waals surface area contributed by atoms with Gasteiger partial charge in [-0.2, -0.15) is 0 Å². The quantitative estimate of drug-likeness (QED) is 0.299. The maximum absolute atomic E-state index is 14.1. The van der Waals surface area contributed by atoms with E-state index in [1.807, 2.05) is 37.3 Å². The largest absolute Gasteiger partial charge is 0.495 e. The number of aryl methyl sites for hydroxylation is 1. The Kier molecular flexibility index (Phi) is 10.5. The molecule has 0 saturated heterocycles. The van der Waals surface area contributed by atoms with Crippen molar-refractivity contribution in [2.24, 2.45) is 0 Å². The fraction of sp³-hybridized carbons (Fsp3) is 0.375. The summed E-state index contributed by atoms with van der Waals surface area (Å²) in [7, 11) is -2.73. The first-order valence-corrected chi connectivity index (χ1v) is 16.0. The Labute approximate surface area is 253 Å². The summed E-state index contributed by atoms with van der Waals surface area (Å²) in [6.07, 6.45) is 5.09. The highest BCUT2D eigenvalue weighted by Gasteiger charge is 2.33. The Bertz CT molecular complexity index is 1480. The second-order valence-electron chi connectivity index (χ2n) is 10.7. The number of hydrogen-bond donors (Lipinski definition) is 1. The summed E-state index contributed by atoms with van der Waals surface area (Å²) in [5.41, 5.74) is 1.92. The predicted octanol–water partition coefficient (Wildman–Crippen LogP) is 5.72. The van der Waals surface area contributed by atoms with Crippen molar-refractivity contribution in [1.29, 1.82) is 0 Å². The number of methoxy groups -OCH3 is 1. The van der Waals surface area contributed by atoms with Gasteiger partial charge in [0.1, 0.15) is 18.3 Å². The molecule has 8 nitrogen and oxygen atoms in total. The molecule has 2 amide bonds. The Morgan fingerprint density at radius 3 is 2.29 bits per heavy atom. The zero-order chi connectivity index (χ0) is 30.3. The van der Waals surface area contributed by atoms with Gasteiger partial charge < -0.3 is 15.0 Å². The Morgan fingerprint density at radius 2 is 1.67 bits per heavy atom. The average Bonchev–Trinajstić information content (AvgIpc) is 2.99. The third-order valence-corrected chi connectivity index (χ3v) is 9.71. The predicted molar refractivity (Wildman–Crippen MR) is 165 cm³/mol. The second kappa shape index (κ2) is 14.1. The first-order valence-electron chi connectivity index (χ1n) is 14.2. The van der Waals surface area contributed by atoms with E-state index < -0.39 is 28.5 Å². The molecule has 4 rings (SSSR count). The van der Waals surface area contributed by atoms with E-state index in [0.717, 1.165) is 47.5 Å². The molecule has 3 aromatic rings. The van der Waals surface area contributed by atoms with Crippen LogP contribution < -0.4 is 14.4 Å². The molecule has 1 saturated carbocycles. The average molecular weight is 612 g/mol. The van der Waals surface area contributed by atoms with Gasteiger partial charge in [-0.1, -0.05) is 78.9 Å². The third-order valence-electron chi connectivity index (χ3n) is 7.63. The number of benzene rings is 3. The number of ether oxygens (including phenoxy) is 1. The molecule has 1 aliphatic carbocycles. The summed E-state index contributed by atoms with van der Waals surface area (Å²) in [6, 6.07) is 19.6. The lowest BCUT2D eigenvalue weighted by Crippen LogP contribution is -2.53. The highest BCUT2D eigenvalue weighted by Crippen LogP contribution is 2.32. The van der Waals surface area contributed by atoms with Gasteiger partial charge in [-0.25, -0.2) is 8.42 Å². The number of halogens is 1. The van der Waals surface area contributed by atoms with E-state index in [1.54, 1.807) is 31.2 Å². The monoisotopic (exact) mass is 611 g/mol. The maximum Gasteiger partial charge on any atom is 0.264 e. The Hall–Kier alpha value is -3.56. The molecule has 1 N–H and O–H groups in total. The van der Waals surface area contributed by atoms with Gasteiger partial charge >= 0.3 is 0 Å². The number of anilines is 1. The van der Waals surface area contributed by atoms with Crippen LogP contribution in [0.5, 0.6) is 5.75 Å². The first-order chi connectivity index (χ1) is 20.1. The van der Waals surface area contributed by atoms with Crippen LogP contribution in [0, 0.1) is 6.92 Å². The minimum absolute atomic E-state index is 0.0329. The van der Waals surface area contributed by atoms with Crippen molar-refractivity contribution in [2.75, 3.05) is 18.0 Å². The summed E-state index contributed by atoms with van der Waals surface area (Å²) in [4.78, 5) is 29.0. The number of carbonyl (C=O) groups is 2. The van der Waals surface area contributed by atoms with Crippen LogP contribution in [0.15, 0.2) is 77.7 Å². The lowest BCUT2D eigenvalue weighted by molar-refractivity contribution is -0.139. The minimum Gasteiger partial charge on any atom is -0.495 e. The van der Waals surface area contributed by atoms with Gasteiger partial charge in [-0.15, -0.1) is 0 Å². The maximum atomic E-state index is 14.1.